The van der Waals surface area contributed by atoms with Crippen molar-refractivity contribution in [1.29, 1.82) is 0 Å². The molecule has 0 saturated heterocycles. The van der Waals surface area contributed by atoms with Gasteiger partial charge in [0.25, 0.3) is 5.91 Å². The molecule has 1 aliphatic rings. The summed E-state index contributed by atoms with van der Waals surface area (Å²) in [5.41, 5.74) is -0.675. The van der Waals surface area contributed by atoms with Crippen LogP contribution in [0.3, 0.4) is 0 Å². The third-order valence-corrected chi connectivity index (χ3v) is 5.42. The fraction of sp³-hybridized carbons (Fsp3) is 0.350. The fourth-order valence-corrected chi connectivity index (χ4v) is 3.84. The standard InChI is InChI=1S/C20H19F4N7O/c1-30(18-11-25-17(10-26-18)20(22,23)24)16-4-2-3-14(16)29-19(32)13-9-12(21)5-6-15(13)31-27-7-8-28-31/h5-11,14,16H,2-4H2,1H3,(H,29,32)/t14-,16?/m0/s1. The zero-order valence-corrected chi connectivity index (χ0v) is 16.9. The van der Waals surface area contributed by atoms with Gasteiger partial charge in [0.05, 0.1) is 42.1 Å². The number of amides is 1. The maximum atomic E-state index is 13.9. The molecule has 1 fully saturated rings. The molecule has 32 heavy (non-hydrogen) atoms. The van der Waals surface area contributed by atoms with Crippen LogP contribution in [0.5, 0.6) is 0 Å². The zero-order chi connectivity index (χ0) is 22.9. The quantitative estimate of drug-likeness (QED) is 0.603. The highest BCUT2D eigenvalue weighted by molar-refractivity contribution is 5.98. The summed E-state index contributed by atoms with van der Waals surface area (Å²) in [5, 5.41) is 10.9. The molecule has 1 N–H and O–H groups in total. The van der Waals surface area contributed by atoms with Gasteiger partial charge in [-0.15, -0.1) is 0 Å². The van der Waals surface area contributed by atoms with Crippen molar-refractivity contribution in [2.45, 2.75) is 37.5 Å². The molecule has 0 aliphatic heterocycles. The molecule has 1 unspecified atom stereocenters. The van der Waals surface area contributed by atoms with Crippen LogP contribution in [0.1, 0.15) is 35.3 Å². The van der Waals surface area contributed by atoms with E-state index in [0.29, 0.717) is 24.7 Å². The van der Waals surface area contributed by atoms with Crippen LogP contribution in [0.2, 0.25) is 0 Å². The minimum Gasteiger partial charge on any atom is -0.353 e. The van der Waals surface area contributed by atoms with Gasteiger partial charge in [-0.3, -0.25) is 4.79 Å². The van der Waals surface area contributed by atoms with E-state index < -0.39 is 23.6 Å². The lowest BCUT2D eigenvalue weighted by Crippen LogP contribution is -2.48. The maximum absolute atomic E-state index is 13.9. The van der Waals surface area contributed by atoms with Gasteiger partial charge in [-0.25, -0.2) is 14.4 Å². The first-order valence-corrected chi connectivity index (χ1v) is 9.83. The summed E-state index contributed by atoms with van der Waals surface area (Å²) in [4.78, 5) is 23.3. The van der Waals surface area contributed by atoms with Crippen LogP contribution in [0.25, 0.3) is 5.69 Å². The largest absolute Gasteiger partial charge is 0.434 e. The Morgan fingerprint density at radius 2 is 1.91 bits per heavy atom. The first-order chi connectivity index (χ1) is 15.2. The number of nitrogens with one attached hydrogen (secondary N) is 1. The predicted molar refractivity (Wildman–Crippen MR) is 106 cm³/mol. The second-order valence-electron chi connectivity index (χ2n) is 7.43. The summed E-state index contributed by atoms with van der Waals surface area (Å²) in [5.74, 6) is -0.817. The van der Waals surface area contributed by atoms with Crippen LogP contribution >= 0.6 is 0 Å². The number of rotatable bonds is 5. The van der Waals surface area contributed by atoms with Crippen molar-refractivity contribution in [1.82, 2.24) is 30.3 Å². The van der Waals surface area contributed by atoms with Gasteiger partial charge < -0.3 is 10.2 Å². The third kappa shape index (κ3) is 4.39. The number of carbonyl (C=O) groups excluding carboxylic acids is 1. The second-order valence-corrected chi connectivity index (χ2v) is 7.43. The predicted octanol–water partition coefficient (Wildman–Crippen LogP) is 3.00. The fourth-order valence-electron chi connectivity index (χ4n) is 3.84. The van der Waals surface area contributed by atoms with Crippen molar-refractivity contribution >= 4 is 11.7 Å². The Morgan fingerprint density at radius 3 is 2.56 bits per heavy atom. The topological polar surface area (TPSA) is 88.8 Å². The molecular weight excluding hydrogens is 430 g/mol. The number of hydrogen-bond donors (Lipinski definition) is 1. The van der Waals surface area contributed by atoms with Crippen LogP contribution in [0.4, 0.5) is 23.4 Å². The first-order valence-electron chi connectivity index (χ1n) is 9.83. The summed E-state index contributed by atoms with van der Waals surface area (Å²) >= 11 is 0. The molecule has 4 rings (SSSR count). The average Bonchev–Trinajstić information content (AvgIpc) is 3.45. The maximum Gasteiger partial charge on any atom is 0.434 e. The Bertz CT molecular complexity index is 1090. The van der Waals surface area contributed by atoms with Crippen molar-refractivity contribution in [3.05, 3.63) is 60.1 Å². The smallest absolute Gasteiger partial charge is 0.353 e. The highest BCUT2D eigenvalue weighted by atomic mass is 19.4. The van der Waals surface area contributed by atoms with E-state index in [4.69, 9.17) is 0 Å². The molecule has 0 radical (unpaired) electrons. The van der Waals surface area contributed by atoms with Gasteiger partial charge in [0, 0.05) is 13.1 Å². The molecule has 12 heteroatoms. The van der Waals surface area contributed by atoms with Crippen LogP contribution < -0.4 is 10.2 Å². The van der Waals surface area contributed by atoms with Crippen LogP contribution in [-0.4, -0.2) is 50.0 Å². The number of nitrogens with zero attached hydrogens (tertiary/aromatic N) is 6. The number of aromatic nitrogens is 5. The summed E-state index contributed by atoms with van der Waals surface area (Å²) in [6, 6.07) is 3.21. The Morgan fingerprint density at radius 1 is 1.16 bits per heavy atom. The van der Waals surface area contributed by atoms with Gasteiger partial charge in [-0.2, -0.15) is 28.2 Å². The van der Waals surface area contributed by atoms with E-state index in [1.807, 2.05) is 0 Å². The summed E-state index contributed by atoms with van der Waals surface area (Å²) < 4.78 is 52.1. The lowest BCUT2D eigenvalue weighted by molar-refractivity contribution is -0.141. The molecular formula is C20H19F4N7O. The van der Waals surface area contributed by atoms with E-state index in [9.17, 15) is 22.4 Å². The van der Waals surface area contributed by atoms with E-state index in [2.05, 4.69) is 25.5 Å². The van der Waals surface area contributed by atoms with E-state index >= 15 is 0 Å². The van der Waals surface area contributed by atoms with Gasteiger partial charge in [0.1, 0.15) is 11.6 Å². The number of carbonyl (C=O) groups is 1. The monoisotopic (exact) mass is 449 g/mol. The van der Waals surface area contributed by atoms with Crippen LogP contribution in [-0.2, 0) is 6.18 Å². The van der Waals surface area contributed by atoms with Crippen molar-refractivity contribution in [2.75, 3.05) is 11.9 Å². The van der Waals surface area contributed by atoms with Gasteiger partial charge in [-0.1, -0.05) is 0 Å². The SMILES string of the molecule is CN(c1cnc(C(F)(F)F)cn1)C1CCC[C@@H]1NC(=O)c1cc(F)ccc1-n1nccn1. The molecule has 2 heterocycles. The van der Waals surface area contributed by atoms with Crippen molar-refractivity contribution < 1.29 is 22.4 Å². The highest BCUT2D eigenvalue weighted by Crippen LogP contribution is 2.30. The summed E-state index contributed by atoms with van der Waals surface area (Å²) in [6.07, 6.45) is 2.21. The average molecular weight is 449 g/mol. The van der Waals surface area contributed by atoms with Gasteiger partial charge in [0.15, 0.2) is 5.69 Å². The first kappa shape index (κ1) is 21.7. The zero-order valence-electron chi connectivity index (χ0n) is 16.9. The van der Waals surface area contributed by atoms with Crippen molar-refractivity contribution in [3.8, 4) is 5.69 Å². The Kier molecular flexibility index (Phi) is 5.76. The molecule has 8 nitrogen and oxygen atoms in total. The Balaban J connectivity index is 1.52. The minimum absolute atomic E-state index is 0.0730. The summed E-state index contributed by atoms with van der Waals surface area (Å²) in [7, 11) is 1.69. The molecule has 3 aromatic rings. The van der Waals surface area contributed by atoms with E-state index in [1.54, 1.807) is 11.9 Å². The van der Waals surface area contributed by atoms with Crippen LogP contribution in [0, 0.1) is 5.82 Å². The second kappa shape index (κ2) is 8.52. The lowest BCUT2D eigenvalue weighted by atomic mass is 10.1. The number of benzene rings is 1. The number of alkyl halides is 3. The molecule has 0 bridgehead atoms. The number of halogens is 4. The minimum atomic E-state index is -4.57. The van der Waals surface area contributed by atoms with Crippen molar-refractivity contribution in [2.24, 2.45) is 0 Å². The van der Waals surface area contributed by atoms with Gasteiger partial charge in [-0.05, 0) is 37.5 Å². The lowest BCUT2D eigenvalue weighted by Gasteiger charge is -2.31. The molecule has 1 aromatic carbocycles. The third-order valence-electron chi connectivity index (χ3n) is 5.42. The van der Waals surface area contributed by atoms with Gasteiger partial charge in [0.2, 0.25) is 0 Å². The Labute approximate surface area is 180 Å². The number of anilines is 1. The number of hydrogen-bond acceptors (Lipinski definition) is 6. The van der Waals surface area contributed by atoms with Crippen LogP contribution in [0.15, 0.2) is 43.0 Å². The number of likely N-dealkylation sites (N-methyl/N-ethyl adjacent to an activating group) is 1. The molecule has 168 valence electrons. The normalized spacial score (nSPS) is 18.5. The highest BCUT2D eigenvalue weighted by Gasteiger charge is 2.35. The van der Waals surface area contributed by atoms with Gasteiger partial charge >= 0.3 is 6.18 Å². The molecule has 1 amide bonds. The van der Waals surface area contributed by atoms with E-state index in [1.165, 1.54) is 29.3 Å². The van der Waals surface area contributed by atoms with E-state index in [-0.39, 0.29) is 23.5 Å². The molecule has 1 saturated carbocycles. The Hall–Kier alpha value is -3.57. The van der Waals surface area contributed by atoms with E-state index in [0.717, 1.165) is 18.7 Å². The summed E-state index contributed by atoms with van der Waals surface area (Å²) in [6.45, 7) is 0. The molecule has 1 aliphatic carbocycles. The molecule has 2 aromatic heterocycles. The molecule has 2 atom stereocenters. The van der Waals surface area contributed by atoms with Crippen molar-refractivity contribution in [3.63, 3.8) is 0 Å². The molecule has 0 spiro atoms.